The van der Waals surface area contributed by atoms with Crippen molar-refractivity contribution in [3.8, 4) is 0 Å². The van der Waals surface area contributed by atoms with E-state index in [1.807, 2.05) is 0 Å². The molecular weight excluding hydrogens is 219 g/mol. The summed E-state index contributed by atoms with van der Waals surface area (Å²) in [4.78, 5) is 10.8. The molecule has 0 unspecified atom stereocenters. The van der Waals surface area contributed by atoms with Crippen molar-refractivity contribution in [3.63, 3.8) is 0 Å². The van der Waals surface area contributed by atoms with Gasteiger partial charge in [-0.3, -0.25) is 0 Å². The van der Waals surface area contributed by atoms with Crippen LogP contribution >= 0.6 is 11.6 Å². The lowest BCUT2D eigenvalue weighted by Crippen LogP contribution is -2.33. The first-order chi connectivity index (χ1) is 7.13. The number of rotatable bonds is 3. The smallest absolute Gasteiger partial charge is 0.314 e. The molecule has 1 aromatic rings. The van der Waals surface area contributed by atoms with Gasteiger partial charge in [-0.05, 0) is 24.1 Å². The second-order valence-corrected chi connectivity index (χ2v) is 3.41. The molecule has 1 aromatic carbocycles. The largest absolute Gasteiger partial charge is 0.341 e. The Bertz CT molecular complexity index is 357. The fourth-order valence-electron chi connectivity index (χ4n) is 1.10. The maximum Gasteiger partial charge on any atom is 0.314 e. The molecule has 0 saturated heterocycles. The molecule has 1 rings (SSSR count). The topological polar surface area (TPSA) is 41.1 Å². The summed E-state index contributed by atoms with van der Waals surface area (Å²) in [6.45, 7) is 0.488. The Kier molecular flexibility index (Phi) is 4.37. The first-order valence-electron chi connectivity index (χ1n) is 4.53. The minimum Gasteiger partial charge on any atom is -0.341 e. The molecule has 0 aromatic heterocycles. The first-order valence-corrected chi connectivity index (χ1v) is 4.91. The van der Waals surface area contributed by atoms with Crippen LogP contribution in [0.4, 0.5) is 9.18 Å². The third-order valence-corrected chi connectivity index (χ3v) is 2.20. The van der Waals surface area contributed by atoms with Crippen molar-refractivity contribution in [3.05, 3.63) is 34.6 Å². The molecule has 0 aliphatic rings. The van der Waals surface area contributed by atoms with Crippen molar-refractivity contribution >= 4 is 17.6 Å². The van der Waals surface area contributed by atoms with Crippen LogP contribution in [0.5, 0.6) is 0 Å². The van der Waals surface area contributed by atoms with E-state index in [0.717, 1.165) is 5.56 Å². The van der Waals surface area contributed by atoms with E-state index >= 15 is 0 Å². The highest BCUT2D eigenvalue weighted by Gasteiger charge is 2.01. The van der Waals surface area contributed by atoms with Gasteiger partial charge in [-0.1, -0.05) is 17.7 Å². The molecule has 0 bridgehead atoms. The highest BCUT2D eigenvalue weighted by atomic mass is 35.5. The molecule has 0 atom stereocenters. The third-order valence-electron chi connectivity index (χ3n) is 1.91. The lowest BCUT2D eigenvalue weighted by Gasteiger charge is -2.04. The predicted molar refractivity (Wildman–Crippen MR) is 57.6 cm³/mol. The van der Waals surface area contributed by atoms with Gasteiger partial charge in [-0.25, -0.2) is 9.18 Å². The maximum atomic E-state index is 12.8. The van der Waals surface area contributed by atoms with Gasteiger partial charge >= 0.3 is 6.03 Å². The van der Waals surface area contributed by atoms with Crippen molar-refractivity contribution in [2.45, 2.75) is 6.42 Å². The summed E-state index contributed by atoms with van der Waals surface area (Å²) >= 11 is 5.61. The Balaban J connectivity index is 2.44. The summed E-state index contributed by atoms with van der Waals surface area (Å²) < 4.78 is 12.8. The second kappa shape index (κ2) is 5.56. The quantitative estimate of drug-likeness (QED) is 0.819. The van der Waals surface area contributed by atoms with Crippen LogP contribution in [0.1, 0.15) is 5.56 Å². The fraction of sp³-hybridized carbons (Fsp3) is 0.300. The molecule has 0 heterocycles. The lowest BCUT2D eigenvalue weighted by atomic mass is 10.1. The lowest BCUT2D eigenvalue weighted by molar-refractivity contribution is 0.243. The number of hydrogen-bond acceptors (Lipinski definition) is 1. The Morgan fingerprint density at radius 3 is 2.87 bits per heavy atom. The Morgan fingerprint density at radius 1 is 1.53 bits per heavy atom. The van der Waals surface area contributed by atoms with Gasteiger partial charge in [0.15, 0.2) is 0 Å². The number of carbonyl (C=O) groups excluding carboxylic acids is 1. The number of halogens is 2. The first kappa shape index (κ1) is 11.8. The number of urea groups is 1. The molecule has 5 heteroatoms. The number of benzene rings is 1. The van der Waals surface area contributed by atoms with Crippen LogP contribution in [-0.4, -0.2) is 19.6 Å². The third kappa shape index (κ3) is 3.75. The van der Waals surface area contributed by atoms with Crippen LogP contribution in [-0.2, 0) is 6.42 Å². The van der Waals surface area contributed by atoms with Crippen LogP contribution in [0, 0.1) is 5.82 Å². The summed E-state index contributed by atoms with van der Waals surface area (Å²) in [6.07, 6.45) is 0.618. The summed E-state index contributed by atoms with van der Waals surface area (Å²) in [5.41, 5.74) is 0.887. The van der Waals surface area contributed by atoms with Crippen molar-refractivity contribution in [2.24, 2.45) is 0 Å². The highest BCUT2D eigenvalue weighted by molar-refractivity contribution is 6.30. The normalized spacial score (nSPS) is 9.80. The van der Waals surface area contributed by atoms with Crippen molar-refractivity contribution in [1.82, 2.24) is 10.6 Å². The standard InChI is InChI=1S/C10H12ClFN2O/c1-13-10(15)14-5-4-7-2-3-9(12)8(11)6-7/h2-3,6H,4-5H2,1H3,(H2,13,14,15). The fourth-order valence-corrected chi connectivity index (χ4v) is 1.31. The van der Waals surface area contributed by atoms with Gasteiger partial charge in [0, 0.05) is 13.6 Å². The van der Waals surface area contributed by atoms with E-state index in [9.17, 15) is 9.18 Å². The molecule has 0 aliphatic carbocycles. The van der Waals surface area contributed by atoms with E-state index < -0.39 is 5.82 Å². The van der Waals surface area contributed by atoms with Gasteiger partial charge in [0.1, 0.15) is 5.82 Å². The Hall–Kier alpha value is -1.29. The number of amides is 2. The summed E-state index contributed by atoms with van der Waals surface area (Å²) in [6, 6.07) is 4.29. The second-order valence-electron chi connectivity index (χ2n) is 3.00. The average Bonchev–Trinajstić information content (AvgIpc) is 2.23. The zero-order chi connectivity index (χ0) is 11.3. The highest BCUT2D eigenvalue weighted by Crippen LogP contribution is 2.15. The molecule has 0 radical (unpaired) electrons. The molecule has 0 spiro atoms. The zero-order valence-corrected chi connectivity index (χ0v) is 9.07. The van der Waals surface area contributed by atoms with Gasteiger partial charge in [0.05, 0.1) is 5.02 Å². The molecule has 15 heavy (non-hydrogen) atoms. The molecule has 2 N–H and O–H groups in total. The van der Waals surface area contributed by atoms with Crippen LogP contribution in [0.3, 0.4) is 0 Å². The van der Waals surface area contributed by atoms with E-state index in [1.54, 1.807) is 19.2 Å². The SMILES string of the molecule is CNC(=O)NCCc1ccc(F)c(Cl)c1. The number of nitrogens with one attached hydrogen (secondary N) is 2. The zero-order valence-electron chi connectivity index (χ0n) is 8.31. The van der Waals surface area contributed by atoms with Gasteiger partial charge < -0.3 is 10.6 Å². The van der Waals surface area contributed by atoms with Crippen molar-refractivity contribution in [2.75, 3.05) is 13.6 Å². The van der Waals surface area contributed by atoms with E-state index in [-0.39, 0.29) is 11.1 Å². The van der Waals surface area contributed by atoms with Crippen molar-refractivity contribution in [1.29, 1.82) is 0 Å². The van der Waals surface area contributed by atoms with Gasteiger partial charge in [-0.2, -0.15) is 0 Å². The van der Waals surface area contributed by atoms with Crippen LogP contribution < -0.4 is 10.6 Å². The van der Waals surface area contributed by atoms with E-state index in [2.05, 4.69) is 10.6 Å². The molecule has 82 valence electrons. The van der Waals surface area contributed by atoms with E-state index in [4.69, 9.17) is 11.6 Å². The average molecular weight is 231 g/mol. The molecule has 0 aliphatic heterocycles. The number of hydrogen-bond donors (Lipinski definition) is 2. The van der Waals surface area contributed by atoms with Crippen LogP contribution in [0.15, 0.2) is 18.2 Å². The Labute approximate surface area is 92.6 Å². The summed E-state index contributed by atoms with van der Waals surface area (Å²) in [5, 5.41) is 5.17. The number of carbonyl (C=O) groups is 1. The Morgan fingerprint density at radius 2 is 2.27 bits per heavy atom. The van der Waals surface area contributed by atoms with Gasteiger partial charge in [0.2, 0.25) is 0 Å². The summed E-state index contributed by atoms with van der Waals surface area (Å²) in [7, 11) is 1.55. The molecule has 0 saturated carbocycles. The maximum absolute atomic E-state index is 12.8. The molecular formula is C10H12ClFN2O. The monoisotopic (exact) mass is 230 g/mol. The molecule has 3 nitrogen and oxygen atoms in total. The van der Waals surface area contributed by atoms with Crippen LogP contribution in [0.2, 0.25) is 5.02 Å². The summed E-state index contributed by atoms with van der Waals surface area (Å²) in [5.74, 6) is -0.431. The van der Waals surface area contributed by atoms with Gasteiger partial charge in [0.25, 0.3) is 0 Å². The molecule has 2 amide bonds. The van der Waals surface area contributed by atoms with Crippen LogP contribution in [0.25, 0.3) is 0 Å². The minimum absolute atomic E-state index is 0.104. The van der Waals surface area contributed by atoms with Crippen molar-refractivity contribution < 1.29 is 9.18 Å². The van der Waals surface area contributed by atoms with Gasteiger partial charge in [-0.15, -0.1) is 0 Å². The molecule has 0 fully saturated rings. The predicted octanol–water partition coefficient (Wildman–Crippen LogP) is 1.95. The van der Waals surface area contributed by atoms with E-state index in [0.29, 0.717) is 13.0 Å². The minimum atomic E-state index is -0.431. The van der Waals surface area contributed by atoms with E-state index in [1.165, 1.54) is 6.07 Å².